The number of hydrogen-bond donors (Lipinski definition) is 1. The standard InChI is InChI=1S/C28H27F3N8O3/c1-5-38-13-19(28(29,30)31)35-23(38)16-8-10-17(11-9-16)27(2,40)39-24-18(25(37-39)41-3)12-32-22(36-24)20-21(15-6-7-15)33-14-34-26(20)42-4/h8-15,40H,5-7H2,1-4H3. The number of ether oxygens (including phenoxy) is 2. The molecular formula is C28H27F3N8O3. The van der Waals surface area contributed by atoms with Crippen LogP contribution in [0.5, 0.6) is 11.8 Å². The number of aliphatic hydroxyl groups is 1. The molecular weight excluding hydrogens is 553 g/mol. The lowest BCUT2D eigenvalue weighted by Gasteiger charge is -2.25. The van der Waals surface area contributed by atoms with Gasteiger partial charge < -0.3 is 19.1 Å². The minimum Gasteiger partial charge on any atom is -0.480 e. The second-order valence-electron chi connectivity index (χ2n) is 10.1. The Morgan fingerprint density at radius 2 is 1.71 bits per heavy atom. The minimum absolute atomic E-state index is 0.171. The highest BCUT2D eigenvalue weighted by Gasteiger charge is 2.36. The fourth-order valence-corrected chi connectivity index (χ4v) is 4.95. The number of hydrogen-bond acceptors (Lipinski definition) is 9. The van der Waals surface area contributed by atoms with Gasteiger partial charge in [-0.2, -0.15) is 13.2 Å². The summed E-state index contributed by atoms with van der Waals surface area (Å²) in [6.07, 6.45) is 1.41. The van der Waals surface area contributed by atoms with E-state index in [4.69, 9.17) is 14.5 Å². The average molecular weight is 581 g/mol. The lowest BCUT2D eigenvalue weighted by Crippen LogP contribution is -2.32. The molecule has 11 nitrogen and oxygen atoms in total. The third kappa shape index (κ3) is 4.61. The number of nitrogens with zero attached hydrogens (tertiary/aromatic N) is 8. The maximum atomic E-state index is 13.3. The number of aryl methyl sites for hydroxylation is 1. The lowest BCUT2D eigenvalue weighted by atomic mass is 10.0. The largest absolute Gasteiger partial charge is 0.480 e. The Morgan fingerprint density at radius 1 is 1.00 bits per heavy atom. The zero-order valence-electron chi connectivity index (χ0n) is 23.2. The lowest BCUT2D eigenvalue weighted by molar-refractivity contribution is -0.140. The van der Waals surface area contributed by atoms with Gasteiger partial charge in [0.1, 0.15) is 23.1 Å². The molecule has 1 aromatic carbocycles. The Hall–Kier alpha value is -4.59. The molecule has 0 radical (unpaired) electrons. The molecule has 1 fully saturated rings. The Balaban J connectivity index is 1.43. The van der Waals surface area contributed by atoms with Crippen molar-refractivity contribution in [3.8, 4) is 34.5 Å². The van der Waals surface area contributed by atoms with E-state index in [2.05, 4.69) is 25.0 Å². The van der Waals surface area contributed by atoms with Gasteiger partial charge in [0, 0.05) is 36.0 Å². The van der Waals surface area contributed by atoms with E-state index >= 15 is 0 Å². The fraction of sp³-hybridized carbons (Fsp3) is 0.357. The van der Waals surface area contributed by atoms with Crippen LogP contribution in [0.1, 0.15) is 49.6 Å². The van der Waals surface area contributed by atoms with E-state index in [-0.39, 0.29) is 23.3 Å². The number of halogens is 3. The first-order valence-corrected chi connectivity index (χ1v) is 13.2. The predicted molar refractivity (Wildman–Crippen MR) is 145 cm³/mol. The summed E-state index contributed by atoms with van der Waals surface area (Å²) in [5.41, 5.74) is -0.189. The number of benzene rings is 1. The molecule has 4 heterocycles. The van der Waals surface area contributed by atoms with Gasteiger partial charge in [-0.25, -0.2) is 29.6 Å². The van der Waals surface area contributed by atoms with Crippen molar-refractivity contribution in [1.29, 1.82) is 0 Å². The Bertz CT molecular complexity index is 1780. The molecule has 6 rings (SSSR count). The van der Waals surface area contributed by atoms with Crippen LogP contribution in [0.2, 0.25) is 0 Å². The number of aromatic nitrogens is 8. The first-order chi connectivity index (χ1) is 20.1. The third-order valence-electron chi connectivity index (χ3n) is 7.32. The van der Waals surface area contributed by atoms with Crippen LogP contribution < -0.4 is 9.47 Å². The highest BCUT2D eigenvalue weighted by molar-refractivity contribution is 5.83. The average Bonchev–Trinajstić information content (AvgIpc) is 3.62. The van der Waals surface area contributed by atoms with Crippen LogP contribution in [0.3, 0.4) is 0 Å². The number of fused-ring (bicyclic) bond motifs is 1. The molecule has 5 aromatic rings. The van der Waals surface area contributed by atoms with Gasteiger partial charge in [-0.15, -0.1) is 5.10 Å². The zero-order chi connectivity index (χ0) is 29.8. The first kappa shape index (κ1) is 27.6. The van der Waals surface area contributed by atoms with Crippen molar-refractivity contribution < 1.29 is 27.8 Å². The SMILES string of the molecule is CCn1cc(C(F)(F)F)nc1-c1ccc(C(C)(O)n2nc(OC)c3cnc(-c4c(OC)ncnc4C4CC4)nc32)cc1. The van der Waals surface area contributed by atoms with Crippen molar-refractivity contribution in [2.24, 2.45) is 0 Å². The minimum atomic E-state index is -4.56. The summed E-state index contributed by atoms with van der Waals surface area (Å²) in [6, 6.07) is 6.43. The Labute approximate surface area is 238 Å². The van der Waals surface area contributed by atoms with Crippen molar-refractivity contribution >= 4 is 11.0 Å². The molecule has 14 heteroatoms. The van der Waals surface area contributed by atoms with E-state index in [0.29, 0.717) is 40.3 Å². The molecule has 1 aliphatic carbocycles. The fourth-order valence-electron chi connectivity index (χ4n) is 4.95. The molecule has 0 bridgehead atoms. The van der Waals surface area contributed by atoms with Gasteiger partial charge in [0.15, 0.2) is 22.9 Å². The highest BCUT2D eigenvalue weighted by Crippen LogP contribution is 2.45. The van der Waals surface area contributed by atoms with Crippen molar-refractivity contribution in [3.63, 3.8) is 0 Å². The van der Waals surface area contributed by atoms with E-state index in [9.17, 15) is 18.3 Å². The molecule has 1 N–H and O–H groups in total. The van der Waals surface area contributed by atoms with Gasteiger partial charge in [0.2, 0.25) is 11.8 Å². The number of methoxy groups -OCH3 is 2. The van der Waals surface area contributed by atoms with Crippen LogP contribution in [-0.4, -0.2) is 58.6 Å². The van der Waals surface area contributed by atoms with Crippen LogP contribution in [0, 0.1) is 0 Å². The summed E-state index contributed by atoms with van der Waals surface area (Å²) >= 11 is 0. The van der Waals surface area contributed by atoms with Crippen LogP contribution in [0.15, 0.2) is 43.0 Å². The monoisotopic (exact) mass is 580 g/mol. The Morgan fingerprint density at radius 3 is 2.33 bits per heavy atom. The van der Waals surface area contributed by atoms with E-state index in [1.165, 1.54) is 36.7 Å². The molecule has 1 aliphatic rings. The molecule has 0 aliphatic heterocycles. The smallest absolute Gasteiger partial charge is 0.434 e. The van der Waals surface area contributed by atoms with E-state index in [1.807, 2.05) is 0 Å². The molecule has 1 unspecified atom stereocenters. The summed E-state index contributed by atoms with van der Waals surface area (Å²) < 4.78 is 53.6. The molecule has 1 atom stereocenters. The number of imidazole rings is 1. The molecule has 4 aromatic heterocycles. The van der Waals surface area contributed by atoms with Gasteiger partial charge in [0.05, 0.1) is 19.9 Å². The Kier molecular flexibility index (Phi) is 6.60. The predicted octanol–water partition coefficient (Wildman–Crippen LogP) is 4.79. The topological polar surface area (TPSA) is 126 Å². The third-order valence-corrected chi connectivity index (χ3v) is 7.32. The first-order valence-electron chi connectivity index (χ1n) is 13.2. The van der Waals surface area contributed by atoms with Gasteiger partial charge in [-0.1, -0.05) is 24.3 Å². The summed E-state index contributed by atoms with van der Waals surface area (Å²) in [4.78, 5) is 21.8. The van der Waals surface area contributed by atoms with Gasteiger partial charge in [-0.05, 0) is 26.7 Å². The van der Waals surface area contributed by atoms with Gasteiger partial charge in [0.25, 0.3) is 0 Å². The van der Waals surface area contributed by atoms with E-state index in [1.54, 1.807) is 37.4 Å². The maximum absolute atomic E-state index is 13.3. The normalized spacial score (nSPS) is 15.1. The van der Waals surface area contributed by atoms with Crippen molar-refractivity contribution in [2.75, 3.05) is 14.2 Å². The summed E-state index contributed by atoms with van der Waals surface area (Å²) in [5, 5.41) is 16.8. The molecule has 1 saturated carbocycles. The number of rotatable bonds is 8. The second kappa shape index (κ2) is 10.0. The second-order valence-corrected chi connectivity index (χ2v) is 10.1. The zero-order valence-corrected chi connectivity index (χ0v) is 23.2. The van der Waals surface area contributed by atoms with Crippen LogP contribution in [-0.2, 0) is 18.4 Å². The van der Waals surface area contributed by atoms with Gasteiger partial charge in [-0.3, -0.25) is 0 Å². The van der Waals surface area contributed by atoms with Crippen molar-refractivity contribution in [2.45, 2.75) is 51.1 Å². The molecule has 0 spiro atoms. The highest BCUT2D eigenvalue weighted by atomic mass is 19.4. The van der Waals surface area contributed by atoms with Crippen molar-refractivity contribution in [3.05, 3.63) is 59.9 Å². The molecule has 218 valence electrons. The van der Waals surface area contributed by atoms with Crippen LogP contribution in [0.25, 0.3) is 33.8 Å². The summed E-state index contributed by atoms with van der Waals surface area (Å²) in [6.45, 7) is 3.58. The van der Waals surface area contributed by atoms with E-state index < -0.39 is 17.6 Å². The van der Waals surface area contributed by atoms with Crippen molar-refractivity contribution in [1.82, 2.24) is 39.3 Å². The molecule has 0 amide bonds. The van der Waals surface area contributed by atoms with E-state index in [0.717, 1.165) is 24.7 Å². The molecule has 0 saturated heterocycles. The quantitative estimate of drug-likeness (QED) is 0.276. The summed E-state index contributed by atoms with van der Waals surface area (Å²) in [7, 11) is 2.97. The number of alkyl halides is 3. The van der Waals surface area contributed by atoms with Crippen LogP contribution >= 0.6 is 0 Å². The molecule has 42 heavy (non-hydrogen) atoms. The maximum Gasteiger partial charge on any atom is 0.434 e. The summed E-state index contributed by atoms with van der Waals surface area (Å²) in [5.74, 6) is 1.28. The van der Waals surface area contributed by atoms with Gasteiger partial charge >= 0.3 is 6.18 Å². The van der Waals surface area contributed by atoms with Crippen LogP contribution in [0.4, 0.5) is 13.2 Å².